The number of piperidine rings is 1. The second-order valence-electron chi connectivity index (χ2n) is 9.88. The van der Waals surface area contributed by atoms with E-state index in [0.29, 0.717) is 18.3 Å². The van der Waals surface area contributed by atoms with Crippen LogP contribution in [0.15, 0.2) is 0 Å². The Bertz CT molecular complexity index is 492. The summed E-state index contributed by atoms with van der Waals surface area (Å²) in [5.41, 5.74) is 0.0415. The molecule has 29 heavy (non-hydrogen) atoms. The number of halogens is 2. The van der Waals surface area contributed by atoms with Gasteiger partial charge in [-0.25, -0.2) is 0 Å². The molecule has 7 heteroatoms. The fourth-order valence-electron chi connectivity index (χ4n) is 5.39. The zero-order chi connectivity index (χ0) is 19.3. The third kappa shape index (κ3) is 7.53. The zero-order valence-corrected chi connectivity index (χ0v) is 20.3. The fraction of sp³-hybridized carbons (Fsp3) is 0.955. The molecule has 2 N–H and O–H groups in total. The molecule has 2 heterocycles. The Hall–Kier alpha value is -0.0700. The molecule has 0 bridgehead atoms. The standard InChI is InChI=1S/C22H41N3O2.2ClH/c1-18(19-8-7-11-23-15-19)14-20(26)24-16-22(9-5-4-6-10-22)25-12-13-27-21(2,3)17-25;;/h18-19,23H,4-17H2,1-3H3,(H,24,26);2*1H. The van der Waals surface area contributed by atoms with E-state index in [4.69, 9.17) is 4.74 Å². The van der Waals surface area contributed by atoms with E-state index in [-0.39, 0.29) is 41.9 Å². The van der Waals surface area contributed by atoms with Gasteiger partial charge in [0.2, 0.25) is 5.91 Å². The average Bonchev–Trinajstić information content (AvgIpc) is 2.67. The molecule has 2 atom stereocenters. The summed E-state index contributed by atoms with van der Waals surface area (Å²) in [7, 11) is 0. The molecule has 0 aromatic heterocycles. The highest BCUT2D eigenvalue weighted by atomic mass is 35.5. The van der Waals surface area contributed by atoms with Gasteiger partial charge in [0.15, 0.2) is 0 Å². The van der Waals surface area contributed by atoms with Gasteiger partial charge in [-0.15, -0.1) is 24.8 Å². The molecule has 3 aliphatic rings. The largest absolute Gasteiger partial charge is 0.373 e. The Morgan fingerprint density at radius 2 is 1.93 bits per heavy atom. The summed E-state index contributed by atoms with van der Waals surface area (Å²) >= 11 is 0. The number of amides is 1. The van der Waals surface area contributed by atoms with Crippen LogP contribution in [0.5, 0.6) is 0 Å². The Kier molecular flexibility index (Phi) is 11.2. The molecule has 0 spiro atoms. The summed E-state index contributed by atoms with van der Waals surface area (Å²) in [6.07, 6.45) is 9.44. The lowest BCUT2D eigenvalue weighted by Gasteiger charge is -2.51. The Morgan fingerprint density at radius 3 is 2.55 bits per heavy atom. The Labute approximate surface area is 190 Å². The van der Waals surface area contributed by atoms with Crippen molar-refractivity contribution in [2.75, 3.05) is 39.3 Å². The van der Waals surface area contributed by atoms with Crippen molar-refractivity contribution in [3.05, 3.63) is 0 Å². The molecule has 172 valence electrons. The molecule has 2 saturated heterocycles. The number of morpholine rings is 1. The topological polar surface area (TPSA) is 53.6 Å². The fourth-order valence-corrected chi connectivity index (χ4v) is 5.39. The highest BCUT2D eigenvalue weighted by molar-refractivity contribution is 5.85. The van der Waals surface area contributed by atoms with Gasteiger partial charge < -0.3 is 15.4 Å². The average molecular weight is 453 g/mol. The third-order valence-corrected chi connectivity index (χ3v) is 7.14. The van der Waals surface area contributed by atoms with Crippen LogP contribution in [0.25, 0.3) is 0 Å². The summed E-state index contributed by atoms with van der Waals surface area (Å²) in [5.74, 6) is 1.35. The van der Waals surface area contributed by atoms with E-state index in [1.165, 1.54) is 44.9 Å². The van der Waals surface area contributed by atoms with Gasteiger partial charge in [-0.2, -0.15) is 0 Å². The van der Waals surface area contributed by atoms with Crippen molar-refractivity contribution in [1.29, 1.82) is 0 Å². The first kappa shape index (κ1) is 27.0. The van der Waals surface area contributed by atoms with Crippen LogP contribution in [-0.4, -0.2) is 61.3 Å². The molecule has 2 unspecified atom stereocenters. The highest BCUT2D eigenvalue weighted by Crippen LogP contribution is 2.36. The van der Waals surface area contributed by atoms with Gasteiger partial charge >= 0.3 is 0 Å². The summed E-state index contributed by atoms with van der Waals surface area (Å²) in [5, 5.41) is 6.83. The minimum absolute atomic E-state index is 0. The van der Waals surface area contributed by atoms with Crippen LogP contribution in [0.4, 0.5) is 0 Å². The van der Waals surface area contributed by atoms with Crippen molar-refractivity contribution in [1.82, 2.24) is 15.5 Å². The number of rotatable bonds is 6. The van der Waals surface area contributed by atoms with Crippen LogP contribution < -0.4 is 10.6 Å². The van der Waals surface area contributed by atoms with Crippen molar-refractivity contribution < 1.29 is 9.53 Å². The predicted molar refractivity (Wildman–Crippen MR) is 124 cm³/mol. The zero-order valence-electron chi connectivity index (χ0n) is 18.6. The van der Waals surface area contributed by atoms with E-state index < -0.39 is 0 Å². The molecule has 5 nitrogen and oxygen atoms in total. The van der Waals surface area contributed by atoms with E-state index in [1.54, 1.807) is 0 Å². The minimum atomic E-state index is -0.0881. The molecular formula is C22H43Cl2N3O2. The minimum Gasteiger partial charge on any atom is -0.373 e. The van der Waals surface area contributed by atoms with Crippen LogP contribution >= 0.6 is 24.8 Å². The van der Waals surface area contributed by atoms with Gasteiger partial charge in [0.1, 0.15) is 0 Å². The first-order chi connectivity index (χ1) is 12.9. The molecule has 1 amide bonds. The number of carbonyl (C=O) groups excluding carboxylic acids is 1. The second-order valence-corrected chi connectivity index (χ2v) is 9.88. The van der Waals surface area contributed by atoms with E-state index in [9.17, 15) is 4.79 Å². The summed E-state index contributed by atoms with van der Waals surface area (Å²) in [6.45, 7) is 12.4. The Morgan fingerprint density at radius 1 is 1.21 bits per heavy atom. The van der Waals surface area contributed by atoms with Gasteiger partial charge in [0, 0.05) is 31.6 Å². The van der Waals surface area contributed by atoms with Crippen LogP contribution in [-0.2, 0) is 9.53 Å². The summed E-state index contributed by atoms with van der Waals surface area (Å²) < 4.78 is 5.94. The van der Waals surface area contributed by atoms with Crippen molar-refractivity contribution in [3.63, 3.8) is 0 Å². The maximum Gasteiger partial charge on any atom is 0.220 e. The van der Waals surface area contributed by atoms with E-state index in [0.717, 1.165) is 39.3 Å². The van der Waals surface area contributed by atoms with Crippen LogP contribution in [0, 0.1) is 11.8 Å². The molecule has 0 aromatic carbocycles. The smallest absolute Gasteiger partial charge is 0.220 e. The molecule has 2 aliphatic heterocycles. The lowest BCUT2D eigenvalue weighted by molar-refractivity contribution is -0.130. The maximum absolute atomic E-state index is 12.7. The first-order valence-corrected chi connectivity index (χ1v) is 11.3. The van der Waals surface area contributed by atoms with Crippen molar-refractivity contribution >= 4 is 30.7 Å². The first-order valence-electron chi connectivity index (χ1n) is 11.3. The van der Waals surface area contributed by atoms with E-state index in [1.807, 2.05) is 0 Å². The predicted octanol–water partition coefficient (Wildman–Crippen LogP) is 3.79. The molecule has 1 saturated carbocycles. The van der Waals surface area contributed by atoms with E-state index in [2.05, 4.69) is 36.3 Å². The number of hydrogen-bond donors (Lipinski definition) is 2. The number of nitrogens with zero attached hydrogens (tertiary/aromatic N) is 1. The number of nitrogens with one attached hydrogen (secondary N) is 2. The number of hydrogen-bond acceptors (Lipinski definition) is 4. The van der Waals surface area contributed by atoms with Crippen molar-refractivity contribution in [2.45, 2.75) is 83.3 Å². The van der Waals surface area contributed by atoms with Crippen molar-refractivity contribution in [3.8, 4) is 0 Å². The third-order valence-electron chi connectivity index (χ3n) is 7.14. The van der Waals surface area contributed by atoms with Crippen LogP contribution in [0.1, 0.15) is 72.1 Å². The molecular weight excluding hydrogens is 409 g/mol. The van der Waals surface area contributed by atoms with E-state index >= 15 is 0 Å². The second kappa shape index (κ2) is 12.1. The summed E-state index contributed by atoms with van der Waals surface area (Å²) in [6, 6.07) is 0. The van der Waals surface area contributed by atoms with Gasteiger partial charge in [0.05, 0.1) is 12.2 Å². The molecule has 3 rings (SSSR count). The lowest BCUT2D eigenvalue weighted by Crippen LogP contribution is -2.63. The normalized spacial score (nSPS) is 27.8. The summed E-state index contributed by atoms with van der Waals surface area (Å²) in [4.78, 5) is 15.3. The highest BCUT2D eigenvalue weighted by Gasteiger charge is 2.42. The van der Waals surface area contributed by atoms with Gasteiger partial charge in [-0.3, -0.25) is 9.69 Å². The number of carbonyl (C=O) groups is 1. The molecule has 3 fully saturated rings. The van der Waals surface area contributed by atoms with Crippen molar-refractivity contribution in [2.24, 2.45) is 11.8 Å². The lowest BCUT2D eigenvalue weighted by atomic mass is 9.79. The molecule has 1 aliphatic carbocycles. The maximum atomic E-state index is 12.7. The SMILES string of the molecule is CC(CC(=O)NCC1(N2CCOC(C)(C)C2)CCCCC1)C1CCCNC1.Cl.Cl. The molecule has 0 radical (unpaired) electrons. The van der Waals surface area contributed by atoms with Gasteiger partial charge in [0.25, 0.3) is 0 Å². The van der Waals surface area contributed by atoms with Gasteiger partial charge in [-0.05, 0) is 64.5 Å². The number of ether oxygens (including phenoxy) is 1. The molecule has 0 aromatic rings. The van der Waals surface area contributed by atoms with Crippen LogP contribution in [0.3, 0.4) is 0 Å². The monoisotopic (exact) mass is 451 g/mol. The van der Waals surface area contributed by atoms with Gasteiger partial charge in [-0.1, -0.05) is 26.2 Å². The van der Waals surface area contributed by atoms with Crippen LogP contribution in [0.2, 0.25) is 0 Å². The Balaban J connectivity index is 0.00000210. The quantitative estimate of drug-likeness (QED) is 0.644.